The van der Waals surface area contributed by atoms with E-state index in [1.807, 2.05) is 17.5 Å². The van der Waals surface area contributed by atoms with Crippen LogP contribution in [0.5, 0.6) is 0 Å². The molecule has 1 aliphatic heterocycles. The van der Waals surface area contributed by atoms with Crippen LogP contribution in [0.4, 0.5) is 0 Å². The zero-order valence-electron chi connectivity index (χ0n) is 17.8. The average Bonchev–Trinajstić information content (AvgIpc) is 3.60. The Morgan fingerprint density at radius 1 is 1.03 bits per heavy atom. The Bertz CT molecular complexity index is 1090. The highest BCUT2D eigenvalue weighted by Gasteiger charge is 2.59. The maximum absolute atomic E-state index is 13.1. The van der Waals surface area contributed by atoms with Gasteiger partial charge in [0.25, 0.3) is 0 Å². The molecule has 1 aromatic carbocycles. The lowest BCUT2D eigenvalue weighted by Gasteiger charge is -2.23. The van der Waals surface area contributed by atoms with Crippen molar-refractivity contribution in [2.75, 3.05) is 6.54 Å². The Morgan fingerprint density at radius 3 is 2.44 bits per heavy atom. The first-order valence-corrected chi connectivity index (χ1v) is 12.5. The standard InChI is InChI=1S/C26H26N2O3S/c29-21(14-28-25(30)22-17-8-9-18(13-17)23(22)26(28)31)27-24(20-6-3-11-32-20)19-10-7-15-4-1-2-5-16(15)12-19/h3,6-12,17-18,22-24H,1-2,4-5,13-14H2,(H,27,29). The summed E-state index contributed by atoms with van der Waals surface area (Å²) in [4.78, 5) is 41.3. The Labute approximate surface area is 191 Å². The summed E-state index contributed by atoms with van der Waals surface area (Å²) in [6, 6.07) is 10.2. The van der Waals surface area contributed by atoms with Crippen LogP contribution in [0.1, 0.15) is 46.9 Å². The molecule has 6 heteroatoms. The number of amides is 3. The fourth-order valence-electron chi connectivity index (χ4n) is 6.18. The summed E-state index contributed by atoms with van der Waals surface area (Å²) in [6.45, 7) is -0.197. The van der Waals surface area contributed by atoms with Crippen LogP contribution in [0.3, 0.4) is 0 Å². The first kappa shape index (κ1) is 19.9. The maximum Gasteiger partial charge on any atom is 0.240 e. The lowest BCUT2D eigenvalue weighted by molar-refractivity contribution is -0.144. The number of fused-ring (bicyclic) bond motifs is 6. The number of hydrogen-bond acceptors (Lipinski definition) is 4. The minimum absolute atomic E-state index is 0.156. The third-order valence-corrected chi connectivity index (χ3v) is 8.64. The van der Waals surface area contributed by atoms with E-state index < -0.39 is 0 Å². The van der Waals surface area contributed by atoms with Crippen molar-refractivity contribution in [2.24, 2.45) is 23.7 Å². The van der Waals surface area contributed by atoms with E-state index in [1.165, 1.54) is 28.9 Å². The summed E-state index contributed by atoms with van der Waals surface area (Å²) in [6.07, 6.45) is 9.66. The Kier molecular flexibility index (Phi) is 4.79. The molecule has 1 saturated carbocycles. The molecule has 5 nitrogen and oxygen atoms in total. The van der Waals surface area contributed by atoms with Crippen molar-refractivity contribution in [1.82, 2.24) is 10.2 Å². The topological polar surface area (TPSA) is 66.5 Å². The Morgan fingerprint density at radius 2 is 1.75 bits per heavy atom. The second kappa shape index (κ2) is 7.69. The summed E-state index contributed by atoms with van der Waals surface area (Å²) in [5.74, 6) is -0.851. The highest BCUT2D eigenvalue weighted by atomic mass is 32.1. The van der Waals surface area contributed by atoms with E-state index in [-0.39, 0.29) is 54.0 Å². The third kappa shape index (κ3) is 3.15. The average molecular weight is 447 g/mol. The summed E-state index contributed by atoms with van der Waals surface area (Å²) in [5.41, 5.74) is 3.82. The molecule has 0 radical (unpaired) electrons. The molecule has 2 aromatic rings. The number of benzene rings is 1. The van der Waals surface area contributed by atoms with Gasteiger partial charge >= 0.3 is 0 Å². The number of imide groups is 1. The molecule has 6 rings (SSSR count). The summed E-state index contributed by atoms with van der Waals surface area (Å²) >= 11 is 1.60. The lowest BCUT2D eigenvalue weighted by Crippen LogP contribution is -2.43. The van der Waals surface area contributed by atoms with Gasteiger partial charge in [-0.05, 0) is 72.1 Å². The number of likely N-dealkylation sites (tertiary alicyclic amines) is 1. The first-order valence-electron chi connectivity index (χ1n) is 11.6. The number of carbonyl (C=O) groups is 3. The van der Waals surface area contributed by atoms with Crippen molar-refractivity contribution in [3.05, 3.63) is 69.4 Å². The smallest absolute Gasteiger partial charge is 0.240 e. The molecule has 3 aliphatic carbocycles. The number of thiophene rings is 1. The second-order valence-electron chi connectivity index (χ2n) is 9.51. The van der Waals surface area contributed by atoms with Crippen LogP contribution in [-0.2, 0) is 27.2 Å². The highest BCUT2D eigenvalue weighted by Crippen LogP contribution is 2.52. The molecule has 164 valence electrons. The summed E-state index contributed by atoms with van der Waals surface area (Å²) in [5, 5.41) is 5.13. The number of nitrogens with zero attached hydrogens (tertiary/aromatic N) is 1. The summed E-state index contributed by atoms with van der Waals surface area (Å²) < 4.78 is 0. The normalized spacial score (nSPS) is 28.7. The number of aryl methyl sites for hydroxylation is 2. The van der Waals surface area contributed by atoms with Gasteiger partial charge in [-0.3, -0.25) is 19.3 Å². The van der Waals surface area contributed by atoms with Gasteiger partial charge in [-0.25, -0.2) is 0 Å². The molecule has 1 N–H and O–H groups in total. The van der Waals surface area contributed by atoms with Crippen molar-refractivity contribution >= 4 is 29.1 Å². The number of allylic oxidation sites excluding steroid dienone is 2. The molecule has 1 aromatic heterocycles. The molecule has 32 heavy (non-hydrogen) atoms. The predicted octanol–water partition coefficient (Wildman–Crippen LogP) is 3.64. The molecule has 0 spiro atoms. The van der Waals surface area contributed by atoms with E-state index in [0.717, 1.165) is 29.7 Å². The van der Waals surface area contributed by atoms with E-state index in [0.29, 0.717) is 0 Å². The van der Waals surface area contributed by atoms with Crippen LogP contribution in [0.25, 0.3) is 0 Å². The first-order chi connectivity index (χ1) is 15.6. The van der Waals surface area contributed by atoms with Crippen molar-refractivity contribution in [3.63, 3.8) is 0 Å². The molecule has 2 bridgehead atoms. The van der Waals surface area contributed by atoms with E-state index in [1.54, 1.807) is 11.3 Å². The number of rotatable bonds is 5. The van der Waals surface area contributed by atoms with Gasteiger partial charge in [0.2, 0.25) is 17.7 Å². The zero-order chi connectivity index (χ0) is 21.8. The van der Waals surface area contributed by atoms with E-state index in [9.17, 15) is 14.4 Å². The van der Waals surface area contributed by atoms with Crippen molar-refractivity contribution in [2.45, 2.75) is 38.1 Å². The fourth-order valence-corrected chi connectivity index (χ4v) is 6.98. The molecule has 3 amide bonds. The van der Waals surface area contributed by atoms with E-state index in [2.05, 4.69) is 35.7 Å². The van der Waals surface area contributed by atoms with Crippen LogP contribution in [0.2, 0.25) is 0 Å². The minimum Gasteiger partial charge on any atom is -0.343 e. The lowest BCUT2D eigenvalue weighted by atomic mass is 9.85. The molecule has 4 aliphatic rings. The van der Waals surface area contributed by atoms with Crippen molar-refractivity contribution in [3.8, 4) is 0 Å². The van der Waals surface area contributed by atoms with Crippen LogP contribution < -0.4 is 5.32 Å². The van der Waals surface area contributed by atoms with Crippen molar-refractivity contribution in [1.29, 1.82) is 0 Å². The van der Waals surface area contributed by atoms with Gasteiger partial charge < -0.3 is 5.32 Å². The highest BCUT2D eigenvalue weighted by molar-refractivity contribution is 7.10. The van der Waals surface area contributed by atoms with Gasteiger partial charge in [0.1, 0.15) is 6.54 Å². The quantitative estimate of drug-likeness (QED) is 0.563. The van der Waals surface area contributed by atoms with Crippen molar-refractivity contribution < 1.29 is 14.4 Å². The zero-order valence-corrected chi connectivity index (χ0v) is 18.6. The monoisotopic (exact) mass is 446 g/mol. The molecule has 5 atom stereocenters. The molecule has 5 unspecified atom stereocenters. The number of nitrogens with one attached hydrogen (secondary N) is 1. The Balaban J connectivity index is 1.22. The van der Waals surface area contributed by atoms with Crippen LogP contribution in [0, 0.1) is 23.7 Å². The van der Waals surface area contributed by atoms with Crippen LogP contribution in [-0.4, -0.2) is 29.2 Å². The number of hydrogen-bond donors (Lipinski definition) is 1. The third-order valence-electron chi connectivity index (χ3n) is 7.70. The van der Waals surface area contributed by atoms with Crippen LogP contribution >= 0.6 is 11.3 Å². The van der Waals surface area contributed by atoms with Gasteiger partial charge in [0.05, 0.1) is 17.9 Å². The van der Waals surface area contributed by atoms with Gasteiger partial charge in [0, 0.05) is 4.88 Å². The number of carbonyl (C=O) groups excluding carboxylic acids is 3. The van der Waals surface area contributed by atoms with Gasteiger partial charge in [0.15, 0.2) is 0 Å². The maximum atomic E-state index is 13.1. The largest absolute Gasteiger partial charge is 0.343 e. The van der Waals surface area contributed by atoms with Gasteiger partial charge in [-0.1, -0.05) is 36.4 Å². The summed E-state index contributed by atoms with van der Waals surface area (Å²) in [7, 11) is 0. The predicted molar refractivity (Wildman–Crippen MR) is 122 cm³/mol. The molecule has 2 fully saturated rings. The molecule has 1 saturated heterocycles. The SMILES string of the molecule is O=C(CN1C(=O)C2C3C=CC(C3)C2C1=O)NC(c1ccc2c(c1)CCCC2)c1cccs1. The molecule has 2 heterocycles. The minimum atomic E-state index is -0.289. The van der Waals surface area contributed by atoms with Gasteiger partial charge in [-0.15, -0.1) is 11.3 Å². The molecular formula is C26H26N2O3S. The van der Waals surface area contributed by atoms with Crippen LogP contribution in [0.15, 0.2) is 47.9 Å². The van der Waals surface area contributed by atoms with Gasteiger partial charge in [-0.2, -0.15) is 0 Å². The molecular weight excluding hydrogens is 420 g/mol. The fraction of sp³-hybridized carbons (Fsp3) is 0.423. The second-order valence-corrected chi connectivity index (χ2v) is 10.5. The Hall–Kier alpha value is -2.73. The van der Waals surface area contributed by atoms with E-state index >= 15 is 0 Å². The van der Waals surface area contributed by atoms with E-state index in [4.69, 9.17) is 0 Å².